The second-order valence-electron chi connectivity index (χ2n) is 7.29. The molecule has 0 radical (unpaired) electrons. The van der Waals surface area contributed by atoms with Crippen molar-refractivity contribution in [2.75, 3.05) is 46.8 Å². The van der Waals surface area contributed by atoms with Crippen molar-refractivity contribution in [3.8, 4) is 0 Å². The fourth-order valence-electron chi connectivity index (χ4n) is 3.51. The largest absolute Gasteiger partial charge is 0.336 e. The summed E-state index contributed by atoms with van der Waals surface area (Å²) in [7, 11) is 3.86. The highest BCUT2D eigenvalue weighted by Crippen LogP contribution is 2.26. The Morgan fingerprint density at radius 3 is 1.93 bits per heavy atom. The molecule has 2 aromatic carbocycles. The van der Waals surface area contributed by atoms with Crippen LogP contribution in [0.2, 0.25) is 0 Å². The van der Waals surface area contributed by atoms with E-state index in [-0.39, 0.29) is 18.4 Å². The van der Waals surface area contributed by atoms with Gasteiger partial charge in [0.05, 0.1) is 45.7 Å². The predicted octanol–water partition coefficient (Wildman–Crippen LogP) is 0.634. The van der Waals surface area contributed by atoms with Gasteiger partial charge in [-0.25, -0.2) is 0 Å². The fraction of sp³-hybridized carbons (Fsp3) is 0.364. The first kappa shape index (κ1) is 19.1. The average molecular weight is 366 g/mol. The number of rotatable bonds is 5. The molecule has 1 saturated heterocycles. The van der Waals surface area contributed by atoms with Crippen LogP contribution >= 0.6 is 0 Å². The second kappa shape index (κ2) is 8.82. The molecule has 0 aromatic heterocycles. The molecule has 0 saturated carbocycles. The van der Waals surface area contributed by atoms with Crippen LogP contribution in [0.4, 0.5) is 0 Å². The Bertz CT molecular complexity index is 716. The van der Waals surface area contributed by atoms with Crippen molar-refractivity contribution in [2.24, 2.45) is 0 Å². The number of carbonyl (C=O) groups is 2. The monoisotopic (exact) mass is 366 g/mol. The van der Waals surface area contributed by atoms with Crippen LogP contribution in [-0.2, 0) is 9.59 Å². The molecule has 3 rings (SSSR count). The first-order valence-electron chi connectivity index (χ1n) is 9.50. The topological polar surface area (TPSA) is 45.1 Å². The number of nitrogens with one attached hydrogen (secondary N) is 1. The summed E-state index contributed by atoms with van der Waals surface area (Å²) >= 11 is 0. The molecule has 0 atom stereocenters. The van der Waals surface area contributed by atoms with E-state index < -0.39 is 5.92 Å². The van der Waals surface area contributed by atoms with Crippen LogP contribution in [0.1, 0.15) is 17.0 Å². The summed E-state index contributed by atoms with van der Waals surface area (Å²) in [6.07, 6.45) is 0. The molecule has 0 spiro atoms. The summed E-state index contributed by atoms with van der Waals surface area (Å²) in [5.41, 5.74) is 1.88. The van der Waals surface area contributed by atoms with Crippen molar-refractivity contribution in [1.82, 2.24) is 9.80 Å². The number of likely N-dealkylation sites (N-methyl/N-ethyl adjacent to an activating group) is 2. The van der Waals surface area contributed by atoms with Crippen LogP contribution in [0.3, 0.4) is 0 Å². The molecule has 1 N–H and O–H groups in total. The molecule has 1 aliphatic heterocycles. The Balaban J connectivity index is 1.74. The number of piperazine rings is 1. The van der Waals surface area contributed by atoms with E-state index in [0.717, 1.165) is 37.3 Å². The third kappa shape index (κ3) is 4.74. The standard InChI is InChI=1S/C22H27N3O2/c1-23-13-15-25(16-14-23)20(26)17-24(2)22(27)21(18-9-5-3-6-10-18)19-11-7-4-8-12-19/h3-12,21H,13-17H2,1-2H3/p+1. The zero-order valence-electron chi connectivity index (χ0n) is 16.1. The normalized spacial score (nSPS) is 15.0. The van der Waals surface area contributed by atoms with Crippen LogP contribution in [-0.4, -0.2) is 68.4 Å². The minimum Gasteiger partial charge on any atom is -0.336 e. The minimum absolute atomic E-state index is 0.0261. The van der Waals surface area contributed by atoms with Crippen molar-refractivity contribution < 1.29 is 14.5 Å². The lowest BCUT2D eigenvalue weighted by atomic mass is 9.90. The van der Waals surface area contributed by atoms with Crippen molar-refractivity contribution >= 4 is 11.8 Å². The van der Waals surface area contributed by atoms with Gasteiger partial charge in [-0.3, -0.25) is 9.59 Å². The maximum Gasteiger partial charge on any atom is 0.242 e. The summed E-state index contributed by atoms with van der Waals surface area (Å²) in [4.78, 5) is 30.8. The Morgan fingerprint density at radius 1 is 0.963 bits per heavy atom. The van der Waals surface area contributed by atoms with Crippen LogP contribution in [0.5, 0.6) is 0 Å². The van der Waals surface area contributed by atoms with Gasteiger partial charge in [0, 0.05) is 7.05 Å². The third-order valence-electron chi connectivity index (χ3n) is 5.23. The fourth-order valence-corrected chi connectivity index (χ4v) is 3.51. The molecule has 1 fully saturated rings. The van der Waals surface area contributed by atoms with Crippen LogP contribution in [0.15, 0.2) is 60.7 Å². The van der Waals surface area contributed by atoms with Gasteiger partial charge in [-0.05, 0) is 11.1 Å². The van der Waals surface area contributed by atoms with Gasteiger partial charge in [0.15, 0.2) is 0 Å². The van der Waals surface area contributed by atoms with Crippen molar-refractivity contribution in [3.63, 3.8) is 0 Å². The molecule has 5 nitrogen and oxygen atoms in total. The molecular weight excluding hydrogens is 338 g/mol. The van der Waals surface area contributed by atoms with E-state index in [2.05, 4.69) is 7.05 Å². The third-order valence-corrected chi connectivity index (χ3v) is 5.23. The number of hydrogen-bond acceptors (Lipinski definition) is 2. The molecule has 1 heterocycles. The summed E-state index contributed by atoms with van der Waals surface area (Å²) < 4.78 is 0. The average Bonchev–Trinajstić information content (AvgIpc) is 2.70. The molecule has 142 valence electrons. The van der Waals surface area contributed by atoms with Crippen LogP contribution < -0.4 is 4.90 Å². The molecule has 27 heavy (non-hydrogen) atoms. The SMILES string of the molecule is CN(CC(=O)N1CC[NH+](C)CC1)C(=O)C(c1ccccc1)c1ccccc1. The smallest absolute Gasteiger partial charge is 0.242 e. The molecule has 1 aliphatic rings. The first-order valence-corrected chi connectivity index (χ1v) is 9.50. The molecule has 0 bridgehead atoms. The highest BCUT2D eigenvalue weighted by atomic mass is 16.2. The zero-order valence-corrected chi connectivity index (χ0v) is 16.1. The summed E-state index contributed by atoms with van der Waals surface area (Å²) in [5, 5.41) is 0. The lowest BCUT2D eigenvalue weighted by molar-refractivity contribution is -0.883. The Hall–Kier alpha value is -2.66. The Morgan fingerprint density at radius 2 is 1.44 bits per heavy atom. The number of nitrogens with zero attached hydrogens (tertiary/aromatic N) is 2. The van der Waals surface area contributed by atoms with Gasteiger partial charge in [-0.15, -0.1) is 0 Å². The second-order valence-corrected chi connectivity index (χ2v) is 7.29. The quantitative estimate of drug-likeness (QED) is 0.844. The van der Waals surface area contributed by atoms with E-state index in [4.69, 9.17) is 0 Å². The molecule has 0 aliphatic carbocycles. The van der Waals surface area contributed by atoms with Gasteiger partial charge >= 0.3 is 0 Å². The van der Waals surface area contributed by atoms with Crippen LogP contribution in [0, 0.1) is 0 Å². The molecular formula is C22H28N3O2+. The van der Waals surface area contributed by atoms with E-state index in [1.807, 2.05) is 65.6 Å². The Kier molecular flexibility index (Phi) is 6.24. The number of amides is 2. The van der Waals surface area contributed by atoms with Gasteiger partial charge < -0.3 is 14.7 Å². The number of hydrogen-bond donors (Lipinski definition) is 1. The van der Waals surface area contributed by atoms with E-state index in [1.165, 1.54) is 4.90 Å². The predicted molar refractivity (Wildman–Crippen MR) is 106 cm³/mol. The molecule has 2 amide bonds. The zero-order chi connectivity index (χ0) is 19.2. The molecule has 5 heteroatoms. The summed E-state index contributed by atoms with van der Waals surface area (Å²) in [5.74, 6) is -0.430. The maximum absolute atomic E-state index is 13.3. The van der Waals surface area contributed by atoms with Crippen LogP contribution in [0.25, 0.3) is 0 Å². The van der Waals surface area contributed by atoms with Gasteiger partial charge in [-0.1, -0.05) is 60.7 Å². The van der Waals surface area contributed by atoms with Gasteiger partial charge in [0.25, 0.3) is 0 Å². The Labute approximate surface area is 161 Å². The van der Waals surface area contributed by atoms with Gasteiger partial charge in [0.1, 0.15) is 0 Å². The first-order chi connectivity index (χ1) is 13.1. The van der Waals surface area contributed by atoms with Crippen molar-refractivity contribution in [3.05, 3.63) is 71.8 Å². The van der Waals surface area contributed by atoms with E-state index in [0.29, 0.717) is 0 Å². The molecule has 0 unspecified atom stereocenters. The van der Waals surface area contributed by atoms with E-state index in [9.17, 15) is 9.59 Å². The lowest BCUT2D eigenvalue weighted by Crippen LogP contribution is -3.12. The van der Waals surface area contributed by atoms with Crippen molar-refractivity contribution in [1.29, 1.82) is 0 Å². The van der Waals surface area contributed by atoms with E-state index >= 15 is 0 Å². The summed E-state index contributed by atoms with van der Waals surface area (Å²) in [6.45, 7) is 3.55. The lowest BCUT2D eigenvalue weighted by Gasteiger charge is -2.32. The highest BCUT2D eigenvalue weighted by molar-refractivity contribution is 5.90. The highest BCUT2D eigenvalue weighted by Gasteiger charge is 2.28. The number of benzene rings is 2. The van der Waals surface area contributed by atoms with Gasteiger partial charge in [0.2, 0.25) is 11.8 Å². The van der Waals surface area contributed by atoms with Crippen molar-refractivity contribution in [2.45, 2.75) is 5.92 Å². The number of carbonyl (C=O) groups excluding carboxylic acids is 2. The molecule has 2 aromatic rings. The van der Waals surface area contributed by atoms with Gasteiger partial charge in [-0.2, -0.15) is 0 Å². The number of quaternary nitrogens is 1. The maximum atomic E-state index is 13.3. The van der Waals surface area contributed by atoms with E-state index in [1.54, 1.807) is 11.9 Å². The summed E-state index contributed by atoms with van der Waals surface area (Å²) in [6, 6.07) is 19.5. The minimum atomic E-state index is -0.401.